The van der Waals surface area contributed by atoms with E-state index in [9.17, 15) is 13.0 Å². The van der Waals surface area contributed by atoms with Gasteiger partial charge in [0.15, 0.2) is 11.1 Å². The maximum absolute atomic E-state index is 13.5. The van der Waals surface area contributed by atoms with Gasteiger partial charge >= 0.3 is 0 Å². The molecule has 4 aromatic carbocycles. The van der Waals surface area contributed by atoms with E-state index in [1.165, 1.54) is 0 Å². The highest BCUT2D eigenvalue weighted by Crippen LogP contribution is 2.43. The van der Waals surface area contributed by atoms with E-state index >= 15 is 0 Å². The molecule has 2 N–H and O–H groups in total. The largest absolute Gasteiger partial charge is 0.302 e. The summed E-state index contributed by atoms with van der Waals surface area (Å²) in [5, 5.41) is 3.75. The maximum atomic E-state index is 13.5. The van der Waals surface area contributed by atoms with Crippen LogP contribution in [0, 0.1) is 13.8 Å². The molecule has 0 aromatic heterocycles. The lowest BCUT2D eigenvalue weighted by molar-refractivity contribution is 0.564. The second-order valence-corrected chi connectivity index (χ2v) is 10.1. The van der Waals surface area contributed by atoms with Gasteiger partial charge < -0.3 is 4.55 Å². The molecule has 0 aliphatic heterocycles. The van der Waals surface area contributed by atoms with E-state index in [4.69, 9.17) is 0 Å². The zero-order valence-corrected chi connectivity index (χ0v) is 19.6. The van der Waals surface area contributed by atoms with Crippen molar-refractivity contribution in [1.29, 1.82) is 0 Å². The quantitative estimate of drug-likeness (QED) is 0.373. The van der Waals surface area contributed by atoms with Crippen molar-refractivity contribution < 1.29 is 13.0 Å². The average molecular weight is 452 g/mol. The Morgan fingerprint density at radius 2 is 1.23 bits per heavy atom. The van der Waals surface area contributed by atoms with E-state index < -0.39 is 22.1 Å². The van der Waals surface area contributed by atoms with Crippen molar-refractivity contribution >= 4 is 43.6 Å². The minimum absolute atomic E-state index is 0.0141. The Morgan fingerprint density at radius 3 is 1.71 bits per heavy atom. The summed E-state index contributed by atoms with van der Waals surface area (Å²) in [6.45, 7) is 7.69. The molecule has 0 radical (unpaired) electrons. The van der Waals surface area contributed by atoms with Crippen LogP contribution in [0.25, 0.3) is 32.7 Å². The number of benzene rings is 4. The topological polar surface area (TPSA) is 66.4 Å². The molecule has 0 saturated heterocycles. The maximum Gasteiger partial charge on any atom is 0.187 e. The molecular weight excluding hydrogens is 426 g/mol. The minimum atomic E-state index is -2.21. The van der Waals surface area contributed by atoms with Gasteiger partial charge in [-0.1, -0.05) is 60.7 Å². The van der Waals surface area contributed by atoms with Crippen LogP contribution in [0.5, 0.6) is 0 Å². The summed E-state index contributed by atoms with van der Waals surface area (Å²) in [4.78, 5) is 1.01. The van der Waals surface area contributed by atoms with Crippen molar-refractivity contribution in [2.75, 3.05) is 0 Å². The van der Waals surface area contributed by atoms with Crippen LogP contribution < -0.4 is 4.72 Å². The summed E-state index contributed by atoms with van der Waals surface area (Å²) in [7, 11) is -1.49. The summed E-state index contributed by atoms with van der Waals surface area (Å²) in [6.07, 6.45) is 0. The lowest BCUT2D eigenvalue weighted by Gasteiger charge is -2.21. The monoisotopic (exact) mass is 451 g/mol. The Bertz CT molecular complexity index is 1360. The van der Waals surface area contributed by atoms with Crippen molar-refractivity contribution in [3.05, 3.63) is 71.8 Å². The molecule has 6 heteroatoms. The first-order chi connectivity index (χ1) is 14.8. The Hall–Kier alpha value is -2.38. The predicted molar refractivity (Wildman–Crippen MR) is 130 cm³/mol. The summed E-state index contributed by atoms with van der Waals surface area (Å²) in [6, 6.07) is 19.7. The summed E-state index contributed by atoms with van der Waals surface area (Å²) in [5.41, 5.74) is 3.03. The van der Waals surface area contributed by atoms with E-state index in [1.807, 2.05) is 88.4 Å². The Kier molecular flexibility index (Phi) is 6.08. The fourth-order valence-electron chi connectivity index (χ4n) is 4.17. The smallest absolute Gasteiger partial charge is 0.187 e. The van der Waals surface area contributed by atoms with Gasteiger partial charge in [-0.15, -0.1) is 0 Å². The standard InChI is InChI=1S/C25H25NO3S2/c1-15(2)26-30(27)24-16(3)13-18-9-5-7-11-20(18)22(24)23-21-12-8-6-10-19(21)14-17(4)25(23)31(28)29/h5-15,26H,1-4H3,(H,28,29). The second-order valence-electron chi connectivity index (χ2n) is 8.03. The highest BCUT2D eigenvalue weighted by Gasteiger charge is 2.25. The molecule has 0 aliphatic carbocycles. The average Bonchev–Trinajstić information content (AvgIpc) is 2.71. The van der Waals surface area contributed by atoms with Gasteiger partial charge in [0.2, 0.25) is 0 Å². The number of fused-ring (bicyclic) bond motifs is 2. The normalized spacial score (nSPS) is 13.7. The van der Waals surface area contributed by atoms with E-state index in [0.717, 1.165) is 38.2 Å². The molecule has 0 amide bonds. The van der Waals surface area contributed by atoms with Crippen LogP contribution >= 0.6 is 0 Å². The van der Waals surface area contributed by atoms with Crippen LogP contribution in [-0.2, 0) is 22.1 Å². The molecule has 4 rings (SSSR count). The van der Waals surface area contributed by atoms with Crippen molar-refractivity contribution in [3.63, 3.8) is 0 Å². The number of rotatable bonds is 5. The van der Waals surface area contributed by atoms with Crippen molar-refractivity contribution in [1.82, 2.24) is 4.72 Å². The fourth-order valence-corrected chi connectivity index (χ4v) is 6.19. The third-order valence-electron chi connectivity index (χ3n) is 5.33. The van der Waals surface area contributed by atoms with Crippen LogP contribution in [0.3, 0.4) is 0 Å². The van der Waals surface area contributed by atoms with Crippen molar-refractivity contribution in [2.45, 2.75) is 43.5 Å². The molecule has 4 aromatic rings. The minimum Gasteiger partial charge on any atom is -0.302 e. The van der Waals surface area contributed by atoms with Crippen LogP contribution in [-0.4, -0.2) is 19.0 Å². The third kappa shape index (κ3) is 3.96. The van der Waals surface area contributed by atoms with Gasteiger partial charge in [-0.3, -0.25) is 0 Å². The number of nitrogens with one attached hydrogen (secondary N) is 1. The van der Waals surface area contributed by atoms with Crippen LogP contribution in [0.15, 0.2) is 70.5 Å². The fraction of sp³-hybridized carbons (Fsp3) is 0.200. The number of hydrogen-bond acceptors (Lipinski definition) is 2. The Labute approximate surface area is 187 Å². The van der Waals surface area contributed by atoms with Crippen LogP contribution in [0.1, 0.15) is 25.0 Å². The molecule has 0 aliphatic rings. The van der Waals surface area contributed by atoms with E-state index in [-0.39, 0.29) is 6.04 Å². The summed E-state index contributed by atoms with van der Waals surface area (Å²) < 4.78 is 39.5. The first kappa shape index (κ1) is 21.8. The van der Waals surface area contributed by atoms with Gasteiger partial charge in [-0.05, 0) is 60.4 Å². The highest BCUT2D eigenvalue weighted by molar-refractivity contribution is 7.83. The lowest BCUT2D eigenvalue weighted by Crippen LogP contribution is -2.26. The van der Waals surface area contributed by atoms with Crippen LogP contribution in [0.4, 0.5) is 0 Å². The number of hydrogen-bond donors (Lipinski definition) is 2. The van der Waals surface area contributed by atoms with E-state index in [2.05, 4.69) is 4.72 Å². The first-order valence-electron chi connectivity index (χ1n) is 10.1. The van der Waals surface area contributed by atoms with Gasteiger partial charge in [0.25, 0.3) is 0 Å². The van der Waals surface area contributed by atoms with Gasteiger partial charge in [-0.25, -0.2) is 13.1 Å². The zero-order valence-electron chi connectivity index (χ0n) is 17.9. The van der Waals surface area contributed by atoms with Gasteiger partial charge in [0, 0.05) is 17.2 Å². The SMILES string of the molecule is Cc1cc2ccccc2c(-c2c(S(=O)NC(C)C)c(C)cc3ccccc23)c1S(=O)O. The Balaban J connectivity index is 2.26. The van der Waals surface area contributed by atoms with Gasteiger partial charge in [-0.2, -0.15) is 0 Å². The van der Waals surface area contributed by atoms with Crippen LogP contribution in [0.2, 0.25) is 0 Å². The molecule has 2 atom stereocenters. The van der Waals surface area contributed by atoms with E-state index in [0.29, 0.717) is 15.4 Å². The molecule has 0 spiro atoms. The molecule has 0 heterocycles. The first-order valence-corrected chi connectivity index (χ1v) is 12.4. The van der Waals surface area contributed by atoms with Crippen molar-refractivity contribution in [3.8, 4) is 11.1 Å². The molecule has 31 heavy (non-hydrogen) atoms. The second kappa shape index (κ2) is 8.63. The molecule has 160 valence electrons. The molecule has 0 bridgehead atoms. The van der Waals surface area contributed by atoms with E-state index in [1.54, 1.807) is 0 Å². The zero-order chi connectivity index (χ0) is 22.3. The lowest BCUT2D eigenvalue weighted by atomic mass is 9.91. The molecule has 2 unspecified atom stereocenters. The molecular formula is C25H25NO3S2. The van der Waals surface area contributed by atoms with Gasteiger partial charge in [0.1, 0.15) is 11.0 Å². The molecule has 4 nitrogen and oxygen atoms in total. The van der Waals surface area contributed by atoms with Gasteiger partial charge in [0.05, 0.1) is 9.79 Å². The Morgan fingerprint density at radius 1 is 0.774 bits per heavy atom. The predicted octanol–water partition coefficient (Wildman–Crippen LogP) is 5.88. The highest BCUT2D eigenvalue weighted by atomic mass is 32.2. The number of aryl methyl sites for hydroxylation is 2. The molecule has 0 saturated carbocycles. The molecule has 0 fully saturated rings. The summed E-state index contributed by atoms with van der Waals surface area (Å²) in [5.74, 6) is 0. The summed E-state index contributed by atoms with van der Waals surface area (Å²) >= 11 is -2.21. The van der Waals surface area contributed by atoms with Crippen molar-refractivity contribution in [2.24, 2.45) is 0 Å². The third-order valence-corrected chi connectivity index (χ3v) is 7.79.